The number of hydrogen-bond acceptors (Lipinski definition) is 5. The maximum atomic E-state index is 8.52. The van der Waals surface area contributed by atoms with Crippen molar-refractivity contribution in [3.8, 4) is 0 Å². The summed E-state index contributed by atoms with van der Waals surface area (Å²) in [6, 6.07) is 0. The number of halogens is 1. The largest absolute Gasteiger partial charge is 2.00 e. The quantitative estimate of drug-likeness (QED) is 0.325. The monoisotopic (exact) mass is 237 g/mol. The van der Waals surface area contributed by atoms with Gasteiger partial charge in [-0.2, -0.15) is 0 Å². The fraction of sp³-hybridized carbons (Fsp3) is 0. The zero-order chi connectivity index (χ0) is 4.50. The van der Waals surface area contributed by atoms with Gasteiger partial charge >= 0.3 is 45.5 Å². The van der Waals surface area contributed by atoms with Crippen LogP contribution in [-0.2, 0) is 10.4 Å². The predicted octanol–water partition coefficient (Wildman–Crippen LogP) is -1.14. The Kier molecular flexibility index (Phi) is 24.3. The summed E-state index contributed by atoms with van der Waals surface area (Å²) in [7, 11) is -5.17. The maximum Gasteiger partial charge on any atom is 2.00 e. The molecular weight excluding hydrogens is 233 g/mol. The van der Waals surface area contributed by atoms with Gasteiger partial charge in [0.15, 0.2) is 0 Å². The number of hydrogen-bond donors (Lipinski definition) is 1. The van der Waals surface area contributed by atoms with Crippen LogP contribution >= 0.6 is 12.4 Å². The van der Waals surface area contributed by atoms with Gasteiger partial charge < -0.3 is 15.3 Å². The van der Waals surface area contributed by atoms with Gasteiger partial charge in [-0.05, 0) is 0 Å². The van der Waals surface area contributed by atoms with Gasteiger partial charge in [-0.1, -0.05) is 0 Å². The Morgan fingerprint density at radius 1 is 1.12 bits per heavy atom. The molecular formula is H4ClNO4SSr. The van der Waals surface area contributed by atoms with Crippen molar-refractivity contribution in [3.05, 3.63) is 0 Å². The molecule has 0 aromatic heterocycles. The van der Waals surface area contributed by atoms with E-state index >= 15 is 0 Å². The van der Waals surface area contributed by atoms with Gasteiger partial charge in [-0.25, -0.2) is 0 Å². The summed E-state index contributed by atoms with van der Waals surface area (Å²) in [5.74, 6) is 0. The zero-order valence-corrected chi connectivity index (χ0v) is 8.97. The standard InChI is InChI=1S/ClH.H3N.H2O4S.Sr/c;;1-5(2,3)4;/h1H;1H3;(H2,1,2,3,4);/q;;;+2/p-2. The molecule has 0 saturated carbocycles. The van der Waals surface area contributed by atoms with E-state index in [1.54, 1.807) is 0 Å². The minimum atomic E-state index is -5.17. The van der Waals surface area contributed by atoms with E-state index in [2.05, 4.69) is 0 Å². The summed E-state index contributed by atoms with van der Waals surface area (Å²) < 4.78 is 34.1. The molecule has 8 heavy (non-hydrogen) atoms. The van der Waals surface area contributed by atoms with Crippen LogP contribution in [0.5, 0.6) is 0 Å². The zero-order valence-electron chi connectivity index (χ0n) is 3.86. The van der Waals surface area contributed by atoms with Crippen LogP contribution in [0.4, 0.5) is 0 Å². The van der Waals surface area contributed by atoms with Crippen molar-refractivity contribution in [1.29, 1.82) is 0 Å². The predicted molar refractivity (Wildman–Crippen MR) is 28.5 cm³/mol. The first kappa shape index (κ1) is 22.6. The van der Waals surface area contributed by atoms with Crippen molar-refractivity contribution in [3.63, 3.8) is 0 Å². The molecule has 0 saturated heterocycles. The van der Waals surface area contributed by atoms with Crippen LogP contribution < -0.4 is 6.15 Å². The molecule has 0 radical (unpaired) electrons. The molecule has 0 spiro atoms. The van der Waals surface area contributed by atoms with Crippen LogP contribution in [-0.4, -0.2) is 63.0 Å². The van der Waals surface area contributed by atoms with Crippen molar-refractivity contribution < 1.29 is 17.5 Å². The third kappa shape index (κ3) is 129. The van der Waals surface area contributed by atoms with E-state index in [9.17, 15) is 0 Å². The fourth-order valence-electron chi connectivity index (χ4n) is 0. The Balaban J connectivity index is -0.0000000267. The fourth-order valence-corrected chi connectivity index (χ4v) is 0. The molecule has 48 valence electrons. The van der Waals surface area contributed by atoms with Crippen LogP contribution in [0, 0.1) is 0 Å². The van der Waals surface area contributed by atoms with Crippen LogP contribution in [0.25, 0.3) is 0 Å². The van der Waals surface area contributed by atoms with Gasteiger partial charge in [0.2, 0.25) is 0 Å². The van der Waals surface area contributed by atoms with E-state index in [1.165, 1.54) is 0 Å². The normalized spacial score (nSPS) is 7.25. The van der Waals surface area contributed by atoms with Gasteiger partial charge in [0, 0.05) is 10.4 Å². The Morgan fingerprint density at radius 3 is 1.12 bits per heavy atom. The van der Waals surface area contributed by atoms with Crippen molar-refractivity contribution in [1.82, 2.24) is 6.15 Å². The molecule has 0 aromatic carbocycles. The third-order valence-electron chi connectivity index (χ3n) is 0. The van der Waals surface area contributed by atoms with E-state index < -0.39 is 10.4 Å². The van der Waals surface area contributed by atoms with Crippen molar-refractivity contribution in [2.24, 2.45) is 0 Å². The Hall–Kier alpha value is 1.60. The Labute approximate surface area is 90.7 Å². The summed E-state index contributed by atoms with van der Waals surface area (Å²) >= 11 is 0. The molecule has 5 nitrogen and oxygen atoms in total. The van der Waals surface area contributed by atoms with Gasteiger partial charge in [-0.15, -0.1) is 12.4 Å². The summed E-state index contributed by atoms with van der Waals surface area (Å²) in [4.78, 5) is 0. The summed E-state index contributed by atoms with van der Waals surface area (Å²) in [5.41, 5.74) is 0. The Morgan fingerprint density at radius 2 is 1.12 bits per heavy atom. The first-order valence-electron chi connectivity index (χ1n) is 0.667. The average molecular weight is 237 g/mol. The minimum absolute atomic E-state index is 0. The molecule has 0 aliphatic heterocycles. The molecule has 0 aliphatic rings. The van der Waals surface area contributed by atoms with Gasteiger partial charge in [0.25, 0.3) is 0 Å². The minimum Gasteiger partial charge on any atom is -0.759 e. The maximum absolute atomic E-state index is 8.52. The topological polar surface area (TPSA) is 115 Å². The smallest absolute Gasteiger partial charge is 0.759 e. The second kappa shape index (κ2) is 8.60. The molecule has 8 heteroatoms. The molecule has 0 aliphatic carbocycles. The molecule has 0 fully saturated rings. The van der Waals surface area contributed by atoms with E-state index in [-0.39, 0.29) is 64.0 Å². The summed E-state index contributed by atoms with van der Waals surface area (Å²) in [6.45, 7) is 0. The van der Waals surface area contributed by atoms with E-state index in [0.29, 0.717) is 0 Å². The molecule has 0 amide bonds. The van der Waals surface area contributed by atoms with Crippen LogP contribution in [0.15, 0.2) is 0 Å². The van der Waals surface area contributed by atoms with Crippen LogP contribution in [0.2, 0.25) is 0 Å². The van der Waals surface area contributed by atoms with E-state index in [0.717, 1.165) is 0 Å². The second-order valence-corrected chi connectivity index (χ2v) is 1.22. The summed E-state index contributed by atoms with van der Waals surface area (Å²) in [5, 5.41) is 0. The van der Waals surface area contributed by atoms with Crippen molar-refractivity contribution >= 4 is 68.3 Å². The molecule has 0 aromatic rings. The van der Waals surface area contributed by atoms with Gasteiger partial charge in [-0.3, -0.25) is 8.42 Å². The molecule has 3 N–H and O–H groups in total. The first-order chi connectivity index (χ1) is 2.00. The first-order valence-corrected chi connectivity index (χ1v) is 2.00. The SMILES string of the molecule is Cl.N.O=S(=O)([O-])[O-].[Sr+2]. The molecule has 0 atom stereocenters. The molecule has 0 rings (SSSR count). The number of rotatable bonds is 0. The second-order valence-electron chi connectivity index (χ2n) is 0.408. The van der Waals surface area contributed by atoms with Crippen molar-refractivity contribution in [2.45, 2.75) is 0 Å². The third-order valence-corrected chi connectivity index (χ3v) is 0. The van der Waals surface area contributed by atoms with Crippen LogP contribution in [0.3, 0.4) is 0 Å². The van der Waals surface area contributed by atoms with Crippen LogP contribution in [0.1, 0.15) is 0 Å². The molecule has 0 unspecified atom stereocenters. The van der Waals surface area contributed by atoms with E-state index in [4.69, 9.17) is 17.5 Å². The molecule has 0 heterocycles. The average Bonchev–Trinajstić information content (AvgIpc) is 0.722. The van der Waals surface area contributed by atoms with Gasteiger partial charge in [0.05, 0.1) is 0 Å². The Bertz CT molecular complexity index is 99.2. The van der Waals surface area contributed by atoms with Gasteiger partial charge in [0.1, 0.15) is 0 Å². The summed E-state index contributed by atoms with van der Waals surface area (Å²) in [6.07, 6.45) is 0. The molecule has 0 bridgehead atoms. The van der Waals surface area contributed by atoms with E-state index in [1.807, 2.05) is 0 Å². The van der Waals surface area contributed by atoms with Crippen molar-refractivity contribution in [2.75, 3.05) is 0 Å².